The van der Waals surface area contributed by atoms with Gasteiger partial charge in [0.05, 0.1) is 15.5 Å². The third-order valence-electron chi connectivity index (χ3n) is 4.86. The van der Waals surface area contributed by atoms with Gasteiger partial charge >= 0.3 is 0 Å². The van der Waals surface area contributed by atoms with Crippen LogP contribution in [0.1, 0.15) is 47.6 Å². The van der Waals surface area contributed by atoms with Crippen molar-refractivity contribution in [2.75, 3.05) is 7.05 Å². The highest BCUT2D eigenvalue weighted by Crippen LogP contribution is 2.38. The highest BCUT2D eigenvalue weighted by Gasteiger charge is 2.31. The molecule has 0 aromatic carbocycles. The van der Waals surface area contributed by atoms with Crippen LogP contribution in [0, 0.1) is 20.8 Å². The third kappa shape index (κ3) is 3.31. The molecular formula is C17H24N2O2S3. The Balaban J connectivity index is 1.93. The fourth-order valence-corrected chi connectivity index (χ4v) is 7.13. The number of aromatic nitrogens is 1. The van der Waals surface area contributed by atoms with Crippen LogP contribution in [-0.4, -0.2) is 30.8 Å². The molecule has 2 aromatic rings. The van der Waals surface area contributed by atoms with Gasteiger partial charge in [-0.15, -0.1) is 22.7 Å². The van der Waals surface area contributed by atoms with Crippen molar-refractivity contribution >= 4 is 32.7 Å². The van der Waals surface area contributed by atoms with Gasteiger partial charge in [0.2, 0.25) is 10.0 Å². The predicted molar refractivity (Wildman–Crippen MR) is 101 cm³/mol. The van der Waals surface area contributed by atoms with E-state index in [4.69, 9.17) is 0 Å². The minimum Gasteiger partial charge on any atom is -0.240 e. The molecule has 0 unspecified atom stereocenters. The Bertz CT molecular complexity index is 811. The molecule has 0 atom stereocenters. The molecule has 1 aliphatic carbocycles. The maximum absolute atomic E-state index is 13.1. The van der Waals surface area contributed by atoms with Gasteiger partial charge in [-0.1, -0.05) is 19.3 Å². The Morgan fingerprint density at radius 2 is 1.75 bits per heavy atom. The number of sulfonamides is 1. The maximum Gasteiger partial charge on any atom is 0.244 e. The summed E-state index contributed by atoms with van der Waals surface area (Å²) in [7, 11) is -1.70. The summed E-state index contributed by atoms with van der Waals surface area (Å²) in [4.78, 5) is 7.99. The Labute approximate surface area is 152 Å². The quantitative estimate of drug-likeness (QED) is 0.764. The van der Waals surface area contributed by atoms with Crippen LogP contribution in [0.4, 0.5) is 0 Å². The van der Waals surface area contributed by atoms with Crippen molar-refractivity contribution in [3.05, 3.63) is 21.5 Å². The number of rotatable bonds is 4. The average Bonchev–Trinajstić information content (AvgIpc) is 3.11. The van der Waals surface area contributed by atoms with Gasteiger partial charge in [-0.3, -0.25) is 0 Å². The summed E-state index contributed by atoms with van der Waals surface area (Å²) in [5.41, 5.74) is 1.02. The summed E-state index contributed by atoms with van der Waals surface area (Å²) in [5, 5.41) is 0.917. The van der Waals surface area contributed by atoms with E-state index in [2.05, 4.69) is 4.98 Å². The fourth-order valence-electron chi connectivity index (χ4n) is 3.20. The lowest BCUT2D eigenvalue weighted by Gasteiger charge is -2.30. The number of thiazole rings is 1. The first kappa shape index (κ1) is 18.0. The van der Waals surface area contributed by atoms with Crippen LogP contribution in [0.5, 0.6) is 0 Å². The number of hydrogen-bond donors (Lipinski definition) is 0. The van der Waals surface area contributed by atoms with Gasteiger partial charge in [-0.05, 0) is 39.7 Å². The number of nitrogens with zero attached hydrogens (tertiary/aromatic N) is 2. The normalized spacial score (nSPS) is 16.9. The van der Waals surface area contributed by atoms with E-state index in [1.807, 2.05) is 26.8 Å². The van der Waals surface area contributed by atoms with Gasteiger partial charge in [0.25, 0.3) is 0 Å². The van der Waals surface area contributed by atoms with Crippen molar-refractivity contribution in [2.45, 2.75) is 63.8 Å². The summed E-state index contributed by atoms with van der Waals surface area (Å²) < 4.78 is 27.8. The van der Waals surface area contributed by atoms with Crippen LogP contribution >= 0.6 is 22.7 Å². The predicted octanol–water partition coefficient (Wildman–Crippen LogP) is 4.75. The van der Waals surface area contributed by atoms with E-state index in [9.17, 15) is 8.42 Å². The highest BCUT2D eigenvalue weighted by molar-refractivity contribution is 7.89. The molecule has 0 radical (unpaired) electrons. The minimum atomic E-state index is -3.44. The molecule has 0 spiro atoms. The number of hydrogen-bond acceptors (Lipinski definition) is 5. The maximum atomic E-state index is 13.1. The first-order chi connectivity index (χ1) is 11.3. The lowest BCUT2D eigenvalue weighted by Crippen LogP contribution is -2.38. The van der Waals surface area contributed by atoms with Gasteiger partial charge in [0, 0.05) is 22.8 Å². The summed E-state index contributed by atoms with van der Waals surface area (Å²) in [6, 6.07) is 1.95. The Kier molecular flexibility index (Phi) is 5.16. The molecule has 0 aliphatic heterocycles. The average molecular weight is 385 g/mol. The van der Waals surface area contributed by atoms with E-state index in [-0.39, 0.29) is 6.04 Å². The van der Waals surface area contributed by atoms with Crippen LogP contribution in [0.2, 0.25) is 0 Å². The molecule has 1 saturated carbocycles. The molecule has 0 amide bonds. The van der Waals surface area contributed by atoms with Gasteiger partial charge in [-0.25, -0.2) is 13.4 Å². The first-order valence-corrected chi connectivity index (χ1v) is 11.4. The molecule has 2 heterocycles. The van der Waals surface area contributed by atoms with Crippen LogP contribution in [0.15, 0.2) is 11.0 Å². The van der Waals surface area contributed by atoms with Crippen LogP contribution < -0.4 is 0 Å². The number of thiophene rings is 1. The monoisotopic (exact) mass is 384 g/mol. The lowest BCUT2D eigenvalue weighted by molar-refractivity contribution is 0.286. The molecule has 24 heavy (non-hydrogen) atoms. The van der Waals surface area contributed by atoms with Crippen molar-refractivity contribution in [3.8, 4) is 9.88 Å². The topological polar surface area (TPSA) is 50.3 Å². The van der Waals surface area contributed by atoms with E-state index in [1.165, 1.54) is 22.6 Å². The van der Waals surface area contributed by atoms with E-state index in [0.717, 1.165) is 46.1 Å². The van der Waals surface area contributed by atoms with Crippen LogP contribution in [0.25, 0.3) is 9.88 Å². The SMILES string of the molecule is Cc1nc(-c2cc(S(=O)(=O)N(C)C3CCCCC3)c(C)s2)sc1C. The molecule has 0 bridgehead atoms. The van der Waals surface area contributed by atoms with Gasteiger partial charge in [0.1, 0.15) is 5.01 Å². The zero-order valence-corrected chi connectivity index (χ0v) is 17.1. The summed E-state index contributed by atoms with van der Waals surface area (Å²) in [6.07, 6.45) is 5.40. The Morgan fingerprint density at radius 1 is 1.08 bits per heavy atom. The van der Waals surface area contributed by atoms with E-state index >= 15 is 0 Å². The van der Waals surface area contributed by atoms with E-state index < -0.39 is 10.0 Å². The van der Waals surface area contributed by atoms with Gasteiger partial charge in [0.15, 0.2) is 0 Å². The van der Waals surface area contributed by atoms with Gasteiger partial charge < -0.3 is 0 Å². The molecule has 1 aliphatic rings. The summed E-state index contributed by atoms with van der Waals surface area (Å²) in [6.45, 7) is 5.93. The van der Waals surface area contributed by atoms with Gasteiger partial charge in [-0.2, -0.15) is 4.31 Å². The standard InChI is InChI=1S/C17H24N2O2S3/c1-11-12(2)23-17(18-11)15-10-16(13(3)22-15)24(20,21)19(4)14-8-6-5-7-9-14/h10,14H,5-9H2,1-4H3. The van der Waals surface area contributed by atoms with Crippen molar-refractivity contribution in [1.82, 2.24) is 9.29 Å². The zero-order valence-electron chi connectivity index (χ0n) is 14.6. The van der Waals surface area contributed by atoms with Crippen molar-refractivity contribution in [3.63, 3.8) is 0 Å². The van der Waals surface area contributed by atoms with E-state index in [1.54, 1.807) is 22.7 Å². The molecule has 132 valence electrons. The molecule has 0 N–H and O–H groups in total. The summed E-state index contributed by atoms with van der Waals surface area (Å²) >= 11 is 3.15. The molecule has 4 nitrogen and oxygen atoms in total. The summed E-state index contributed by atoms with van der Waals surface area (Å²) in [5.74, 6) is 0. The molecule has 7 heteroatoms. The Morgan fingerprint density at radius 3 is 2.33 bits per heavy atom. The first-order valence-electron chi connectivity index (χ1n) is 8.33. The van der Waals surface area contributed by atoms with Crippen molar-refractivity contribution in [1.29, 1.82) is 0 Å². The second-order valence-corrected chi connectivity index (χ2v) is 10.9. The second-order valence-electron chi connectivity index (χ2n) is 6.50. The Hall–Kier alpha value is -0.760. The molecular weight excluding hydrogens is 360 g/mol. The van der Waals surface area contributed by atoms with Crippen LogP contribution in [-0.2, 0) is 10.0 Å². The van der Waals surface area contributed by atoms with Crippen molar-refractivity contribution in [2.24, 2.45) is 0 Å². The van der Waals surface area contributed by atoms with Crippen LogP contribution in [0.3, 0.4) is 0 Å². The number of aryl methyl sites for hydroxylation is 3. The van der Waals surface area contributed by atoms with Crippen molar-refractivity contribution < 1.29 is 8.42 Å². The zero-order chi connectivity index (χ0) is 17.5. The molecule has 0 saturated heterocycles. The minimum absolute atomic E-state index is 0.135. The van der Waals surface area contributed by atoms with E-state index in [0.29, 0.717) is 4.90 Å². The third-order valence-corrected chi connectivity index (χ3v) is 9.32. The molecule has 3 rings (SSSR count). The molecule has 2 aromatic heterocycles. The highest BCUT2D eigenvalue weighted by atomic mass is 32.2. The second kappa shape index (κ2) is 6.86. The lowest BCUT2D eigenvalue weighted by atomic mass is 9.96. The molecule has 1 fully saturated rings. The fraction of sp³-hybridized carbons (Fsp3) is 0.588. The largest absolute Gasteiger partial charge is 0.244 e. The smallest absolute Gasteiger partial charge is 0.240 e.